The Labute approximate surface area is 130 Å². The van der Waals surface area contributed by atoms with Gasteiger partial charge in [0, 0.05) is 24.0 Å². The van der Waals surface area contributed by atoms with E-state index in [4.69, 9.17) is 4.74 Å². The first-order chi connectivity index (χ1) is 10.3. The smallest absolute Gasteiger partial charge is 0.230 e. The molecule has 114 valence electrons. The van der Waals surface area contributed by atoms with Crippen molar-refractivity contribution in [3.63, 3.8) is 0 Å². The lowest BCUT2D eigenvalue weighted by Gasteiger charge is -2.35. The number of nitrogens with zero attached hydrogens (tertiary/aromatic N) is 1. The van der Waals surface area contributed by atoms with Crippen molar-refractivity contribution in [3.05, 3.63) is 30.3 Å². The largest absolute Gasteiger partial charge is 0.373 e. The molecule has 2 aliphatic heterocycles. The summed E-state index contributed by atoms with van der Waals surface area (Å²) >= 11 is 1.57. The van der Waals surface area contributed by atoms with Crippen LogP contribution in [0.1, 0.15) is 12.8 Å². The van der Waals surface area contributed by atoms with Crippen molar-refractivity contribution >= 4 is 17.7 Å². The first-order valence-corrected chi connectivity index (χ1v) is 8.60. The van der Waals surface area contributed by atoms with Crippen molar-refractivity contribution in [1.29, 1.82) is 0 Å². The number of ether oxygens (including phenoxy) is 1. The molecule has 0 radical (unpaired) electrons. The zero-order valence-corrected chi connectivity index (χ0v) is 13.0. The van der Waals surface area contributed by atoms with Crippen molar-refractivity contribution in [2.75, 3.05) is 32.0 Å². The third-order valence-corrected chi connectivity index (χ3v) is 5.11. The van der Waals surface area contributed by atoms with Gasteiger partial charge in [0.05, 0.1) is 18.5 Å². The molecule has 5 heteroatoms. The second-order valence-corrected chi connectivity index (χ2v) is 6.70. The van der Waals surface area contributed by atoms with Crippen LogP contribution < -0.4 is 5.32 Å². The average molecular weight is 306 g/mol. The number of hydrogen-bond acceptors (Lipinski definition) is 4. The molecule has 0 aromatic heterocycles. The Hall–Kier alpha value is -1.04. The number of benzene rings is 1. The summed E-state index contributed by atoms with van der Waals surface area (Å²) in [5.74, 6) is 0.541. The molecule has 0 aliphatic carbocycles. The second kappa shape index (κ2) is 7.29. The number of thioether (sulfide) groups is 1. The highest BCUT2D eigenvalue weighted by Gasteiger charge is 2.32. The zero-order chi connectivity index (χ0) is 14.5. The second-order valence-electron chi connectivity index (χ2n) is 5.65. The van der Waals surface area contributed by atoms with Crippen LogP contribution in [0.4, 0.5) is 0 Å². The standard InChI is InChI=1S/C16H22N2O2S/c19-16(12-21-15-6-2-1-3-7-15)17-9-14-10-18-8-4-5-13(18)11-20-14/h1-3,6-7,13-14H,4-5,8-12H2,(H,17,19)/t13-,14+/m0/s1. The van der Waals surface area contributed by atoms with Gasteiger partial charge in [-0.05, 0) is 31.5 Å². The molecule has 2 fully saturated rings. The van der Waals surface area contributed by atoms with Gasteiger partial charge in [0.15, 0.2) is 0 Å². The molecular formula is C16H22N2O2S. The van der Waals surface area contributed by atoms with Crippen LogP contribution >= 0.6 is 11.8 Å². The molecule has 21 heavy (non-hydrogen) atoms. The normalized spacial score (nSPS) is 25.5. The fourth-order valence-electron chi connectivity index (χ4n) is 2.95. The molecule has 3 rings (SSSR count). The van der Waals surface area contributed by atoms with Gasteiger partial charge in [0.1, 0.15) is 0 Å². The quantitative estimate of drug-likeness (QED) is 0.842. The molecule has 0 bridgehead atoms. The zero-order valence-electron chi connectivity index (χ0n) is 12.2. The highest BCUT2D eigenvalue weighted by molar-refractivity contribution is 8.00. The van der Waals surface area contributed by atoms with E-state index < -0.39 is 0 Å². The van der Waals surface area contributed by atoms with Gasteiger partial charge in [-0.25, -0.2) is 0 Å². The van der Waals surface area contributed by atoms with E-state index in [1.165, 1.54) is 19.4 Å². The molecule has 0 saturated carbocycles. The van der Waals surface area contributed by atoms with Crippen LogP contribution in [0.2, 0.25) is 0 Å². The van der Waals surface area contributed by atoms with Crippen LogP contribution in [0.3, 0.4) is 0 Å². The van der Waals surface area contributed by atoms with Crippen LogP contribution in [-0.4, -0.2) is 54.9 Å². The summed E-state index contributed by atoms with van der Waals surface area (Å²) in [6.45, 7) is 3.58. The van der Waals surface area contributed by atoms with E-state index in [1.54, 1.807) is 11.8 Å². The van der Waals surface area contributed by atoms with E-state index in [1.807, 2.05) is 30.3 Å². The highest BCUT2D eigenvalue weighted by Crippen LogP contribution is 2.22. The number of rotatable bonds is 5. The number of amides is 1. The molecule has 4 nitrogen and oxygen atoms in total. The van der Waals surface area contributed by atoms with Gasteiger partial charge < -0.3 is 10.1 Å². The summed E-state index contributed by atoms with van der Waals surface area (Å²) in [5.41, 5.74) is 0. The molecule has 2 saturated heterocycles. The molecule has 1 aromatic carbocycles. The summed E-state index contributed by atoms with van der Waals surface area (Å²) in [6, 6.07) is 10.6. The Kier molecular flexibility index (Phi) is 5.17. The fraction of sp³-hybridized carbons (Fsp3) is 0.562. The van der Waals surface area contributed by atoms with E-state index in [0.29, 0.717) is 18.3 Å². The molecule has 2 heterocycles. The molecule has 2 aliphatic rings. The topological polar surface area (TPSA) is 41.6 Å². The molecule has 2 atom stereocenters. The van der Waals surface area contributed by atoms with Crippen molar-refractivity contribution in [2.24, 2.45) is 0 Å². The number of hydrogen-bond donors (Lipinski definition) is 1. The summed E-state index contributed by atoms with van der Waals surface area (Å²) < 4.78 is 5.84. The summed E-state index contributed by atoms with van der Waals surface area (Å²) in [5, 5.41) is 2.99. The maximum Gasteiger partial charge on any atom is 0.230 e. The molecule has 0 unspecified atom stereocenters. The van der Waals surface area contributed by atoms with Crippen molar-refractivity contribution in [1.82, 2.24) is 10.2 Å². The Morgan fingerprint density at radius 1 is 1.38 bits per heavy atom. The van der Waals surface area contributed by atoms with E-state index in [-0.39, 0.29) is 12.0 Å². The predicted molar refractivity (Wildman–Crippen MR) is 84.5 cm³/mol. The van der Waals surface area contributed by atoms with Crippen LogP contribution in [0.15, 0.2) is 35.2 Å². The summed E-state index contributed by atoms with van der Waals surface area (Å²) in [6.07, 6.45) is 2.68. The maximum atomic E-state index is 11.9. The molecule has 0 spiro atoms. The van der Waals surface area contributed by atoms with Crippen LogP contribution in [0.5, 0.6) is 0 Å². The van der Waals surface area contributed by atoms with Crippen LogP contribution in [-0.2, 0) is 9.53 Å². The lowest BCUT2D eigenvalue weighted by atomic mass is 10.2. The molecular weight excluding hydrogens is 284 g/mol. The minimum absolute atomic E-state index is 0.0796. The Balaban J connectivity index is 1.36. The number of carbonyl (C=O) groups excluding carboxylic acids is 1. The summed E-state index contributed by atoms with van der Waals surface area (Å²) in [7, 11) is 0. The predicted octanol–water partition coefficient (Wildman–Crippen LogP) is 1.76. The van der Waals surface area contributed by atoms with Gasteiger partial charge in [0.2, 0.25) is 5.91 Å². The SMILES string of the molecule is O=C(CSc1ccccc1)NC[C@@H]1CN2CCC[C@H]2CO1. The highest BCUT2D eigenvalue weighted by atomic mass is 32.2. The van der Waals surface area contributed by atoms with Crippen molar-refractivity contribution in [2.45, 2.75) is 29.9 Å². The van der Waals surface area contributed by atoms with Gasteiger partial charge in [-0.15, -0.1) is 11.8 Å². The number of fused-ring (bicyclic) bond motifs is 1. The van der Waals surface area contributed by atoms with Gasteiger partial charge >= 0.3 is 0 Å². The molecule has 1 aromatic rings. The molecule has 1 amide bonds. The third kappa shape index (κ3) is 4.22. The van der Waals surface area contributed by atoms with Gasteiger partial charge in [-0.1, -0.05) is 18.2 Å². The first kappa shape index (κ1) is 14.9. The van der Waals surface area contributed by atoms with Crippen molar-refractivity contribution in [3.8, 4) is 0 Å². The average Bonchev–Trinajstić information content (AvgIpc) is 2.99. The number of carbonyl (C=O) groups is 1. The Morgan fingerprint density at radius 3 is 3.10 bits per heavy atom. The number of morpholine rings is 1. The minimum Gasteiger partial charge on any atom is -0.373 e. The van der Waals surface area contributed by atoms with Crippen LogP contribution in [0, 0.1) is 0 Å². The maximum absolute atomic E-state index is 11.9. The third-order valence-electron chi connectivity index (χ3n) is 4.10. The van der Waals surface area contributed by atoms with E-state index >= 15 is 0 Å². The lowest BCUT2D eigenvalue weighted by Crippen LogP contribution is -2.50. The minimum atomic E-state index is 0.0796. The van der Waals surface area contributed by atoms with Crippen LogP contribution in [0.25, 0.3) is 0 Å². The van der Waals surface area contributed by atoms with Gasteiger partial charge in [-0.2, -0.15) is 0 Å². The summed E-state index contributed by atoms with van der Waals surface area (Å²) in [4.78, 5) is 15.5. The Morgan fingerprint density at radius 2 is 2.24 bits per heavy atom. The van der Waals surface area contributed by atoms with Gasteiger partial charge in [-0.3, -0.25) is 9.69 Å². The molecule has 1 N–H and O–H groups in total. The Bertz CT molecular complexity index is 469. The first-order valence-electron chi connectivity index (χ1n) is 7.61. The van der Waals surface area contributed by atoms with E-state index in [0.717, 1.165) is 18.0 Å². The monoisotopic (exact) mass is 306 g/mol. The lowest BCUT2D eigenvalue weighted by molar-refractivity contribution is -0.120. The van der Waals surface area contributed by atoms with E-state index in [2.05, 4.69) is 10.2 Å². The van der Waals surface area contributed by atoms with Crippen molar-refractivity contribution < 1.29 is 9.53 Å². The number of nitrogens with one attached hydrogen (secondary N) is 1. The fourth-order valence-corrected chi connectivity index (χ4v) is 3.70. The van der Waals surface area contributed by atoms with Gasteiger partial charge in [0.25, 0.3) is 0 Å². The van der Waals surface area contributed by atoms with E-state index in [9.17, 15) is 4.79 Å².